The molecule has 1 rings (SSSR count). The van der Waals surface area contributed by atoms with Gasteiger partial charge in [-0.25, -0.2) is 0 Å². The van der Waals surface area contributed by atoms with Gasteiger partial charge in [-0.15, -0.1) is 0 Å². The Balaban J connectivity index is 2.48. The Morgan fingerprint density at radius 2 is 1.74 bits per heavy atom. The van der Waals surface area contributed by atoms with Gasteiger partial charge in [-0.3, -0.25) is 9.59 Å². The molecule has 0 aromatic heterocycles. The molecule has 1 amide bonds. The number of carbonyl (C=O) groups is 2. The average molecular weight is 337 g/mol. The number of nitrogens with one attached hydrogen (secondary N) is 2. The van der Waals surface area contributed by atoms with Crippen LogP contribution < -0.4 is 15.5 Å². The average Bonchev–Trinajstić information content (AvgIpc) is 2.55. The fourth-order valence-corrected chi connectivity index (χ4v) is 2.25. The Labute approximate surface area is 142 Å². The molecule has 0 heterocycles. The van der Waals surface area contributed by atoms with Crippen molar-refractivity contribution >= 4 is 40.6 Å². The summed E-state index contributed by atoms with van der Waals surface area (Å²) >= 11 is 5.08. The highest BCUT2D eigenvalue weighted by molar-refractivity contribution is 7.80. The molecule has 1 aromatic rings. The van der Waals surface area contributed by atoms with E-state index in [0.29, 0.717) is 0 Å². The second-order valence-corrected chi connectivity index (χ2v) is 5.21. The number of hydrogen-bond acceptors (Lipinski definition) is 5. The number of thiocarbonyl (C=S) groups is 1. The Bertz CT molecular complexity index is 542. The van der Waals surface area contributed by atoms with E-state index in [1.807, 2.05) is 24.3 Å². The summed E-state index contributed by atoms with van der Waals surface area (Å²) in [5.74, 6) is -0.751. The highest BCUT2D eigenvalue weighted by atomic mass is 32.1. The molecule has 0 saturated heterocycles. The van der Waals surface area contributed by atoms with Crippen molar-refractivity contribution in [3.05, 3.63) is 24.3 Å². The smallest absolute Gasteiger partial charge is 0.306 e. The maximum atomic E-state index is 11.6. The lowest BCUT2D eigenvalue weighted by Gasteiger charge is -2.21. The molecule has 1 aromatic carbocycles. The topological polar surface area (TPSA) is 70.7 Å². The van der Waals surface area contributed by atoms with Gasteiger partial charge in [0.15, 0.2) is 5.11 Å². The van der Waals surface area contributed by atoms with E-state index in [4.69, 9.17) is 12.2 Å². The monoisotopic (exact) mass is 337 g/mol. The molecule has 0 radical (unpaired) electrons. The van der Waals surface area contributed by atoms with Crippen LogP contribution in [-0.2, 0) is 14.3 Å². The van der Waals surface area contributed by atoms with E-state index in [1.54, 1.807) is 0 Å². The minimum absolute atomic E-state index is 0.0313. The number of rotatable bonds is 7. The van der Waals surface area contributed by atoms with Gasteiger partial charge in [0.2, 0.25) is 5.91 Å². The van der Waals surface area contributed by atoms with Gasteiger partial charge in [-0.1, -0.05) is 0 Å². The number of anilines is 2. The van der Waals surface area contributed by atoms with Crippen LogP contribution in [-0.4, -0.2) is 37.2 Å². The first kappa shape index (κ1) is 18.9. The number of benzene rings is 1. The van der Waals surface area contributed by atoms with E-state index >= 15 is 0 Å². The molecule has 7 heteroatoms. The van der Waals surface area contributed by atoms with Gasteiger partial charge in [0.1, 0.15) is 0 Å². The molecular weight excluding hydrogens is 314 g/mol. The van der Waals surface area contributed by atoms with Crippen molar-refractivity contribution in [1.82, 2.24) is 5.32 Å². The van der Waals surface area contributed by atoms with Gasteiger partial charge in [-0.05, 0) is 50.3 Å². The van der Waals surface area contributed by atoms with Crippen molar-refractivity contribution in [2.75, 3.05) is 30.4 Å². The number of amides is 1. The maximum absolute atomic E-state index is 11.6. The Morgan fingerprint density at radius 1 is 1.13 bits per heavy atom. The zero-order valence-electron chi connectivity index (χ0n) is 13.7. The molecule has 6 nitrogen and oxygen atoms in total. The molecule has 0 atom stereocenters. The summed E-state index contributed by atoms with van der Waals surface area (Å²) in [4.78, 5) is 24.8. The summed E-state index contributed by atoms with van der Waals surface area (Å²) in [6.07, 6.45) is 0.0684. The molecule has 0 fully saturated rings. The van der Waals surface area contributed by atoms with Gasteiger partial charge in [0.25, 0.3) is 0 Å². The van der Waals surface area contributed by atoms with Gasteiger partial charge in [0, 0.05) is 30.9 Å². The van der Waals surface area contributed by atoms with Gasteiger partial charge >= 0.3 is 5.97 Å². The quantitative estimate of drug-likeness (QED) is 0.588. The fraction of sp³-hybridized carbons (Fsp3) is 0.438. The van der Waals surface area contributed by atoms with Gasteiger partial charge in [-0.2, -0.15) is 0 Å². The van der Waals surface area contributed by atoms with Crippen molar-refractivity contribution in [3.8, 4) is 0 Å². The van der Waals surface area contributed by atoms with Crippen LogP contribution in [0.25, 0.3) is 0 Å². The van der Waals surface area contributed by atoms with Crippen LogP contribution in [0.1, 0.15) is 26.7 Å². The van der Waals surface area contributed by atoms with Crippen LogP contribution in [0.3, 0.4) is 0 Å². The first-order valence-electron chi connectivity index (χ1n) is 7.52. The van der Waals surface area contributed by atoms with Gasteiger partial charge in [0.05, 0.1) is 13.5 Å². The summed E-state index contributed by atoms with van der Waals surface area (Å²) in [6.45, 7) is 6.10. The lowest BCUT2D eigenvalue weighted by molar-refractivity contribution is -0.142. The first-order valence-corrected chi connectivity index (χ1v) is 7.93. The van der Waals surface area contributed by atoms with E-state index in [1.165, 1.54) is 7.11 Å². The standard InChI is InChI=1S/C16H23N3O3S/c1-4-19(5-2)13-8-6-12(7-9-13)17-16(23)18-14(20)10-11-15(21)22-3/h6-9H,4-5,10-11H2,1-3H3,(H2,17,18,20,23). The van der Waals surface area contributed by atoms with E-state index in [0.717, 1.165) is 24.5 Å². The largest absolute Gasteiger partial charge is 0.469 e. The van der Waals surface area contributed by atoms with Crippen molar-refractivity contribution in [3.63, 3.8) is 0 Å². The highest BCUT2D eigenvalue weighted by Gasteiger charge is 2.09. The van der Waals surface area contributed by atoms with Crippen molar-refractivity contribution in [2.24, 2.45) is 0 Å². The molecule has 0 aliphatic heterocycles. The molecule has 0 saturated carbocycles. The van der Waals surface area contributed by atoms with E-state index in [9.17, 15) is 9.59 Å². The number of ether oxygens (including phenoxy) is 1. The SMILES string of the molecule is CCN(CC)c1ccc(NC(=S)NC(=O)CCC(=O)OC)cc1. The van der Waals surface area contributed by atoms with Crippen LogP contribution in [0.2, 0.25) is 0 Å². The third-order valence-corrected chi connectivity index (χ3v) is 3.49. The van der Waals surface area contributed by atoms with Crippen LogP contribution in [0.4, 0.5) is 11.4 Å². The van der Waals surface area contributed by atoms with Crippen molar-refractivity contribution in [1.29, 1.82) is 0 Å². The lowest BCUT2D eigenvalue weighted by Crippen LogP contribution is -2.34. The predicted molar refractivity (Wildman–Crippen MR) is 95.6 cm³/mol. The number of esters is 1. The molecule has 126 valence electrons. The van der Waals surface area contributed by atoms with E-state index in [2.05, 4.69) is 34.1 Å². The summed E-state index contributed by atoms with van der Waals surface area (Å²) in [5, 5.41) is 5.68. The van der Waals surface area contributed by atoms with Crippen LogP contribution in [0.15, 0.2) is 24.3 Å². The summed E-state index contributed by atoms with van der Waals surface area (Å²) < 4.78 is 4.48. The molecule has 23 heavy (non-hydrogen) atoms. The van der Waals surface area contributed by atoms with Crippen LogP contribution >= 0.6 is 12.2 Å². The zero-order chi connectivity index (χ0) is 17.2. The lowest BCUT2D eigenvalue weighted by atomic mass is 10.2. The number of nitrogens with zero attached hydrogens (tertiary/aromatic N) is 1. The van der Waals surface area contributed by atoms with Crippen molar-refractivity contribution in [2.45, 2.75) is 26.7 Å². The summed E-state index contributed by atoms with van der Waals surface area (Å²) in [5.41, 5.74) is 1.92. The molecular formula is C16H23N3O3S. The van der Waals surface area contributed by atoms with Crippen molar-refractivity contribution < 1.29 is 14.3 Å². The van der Waals surface area contributed by atoms with E-state index < -0.39 is 5.97 Å². The number of methoxy groups -OCH3 is 1. The molecule has 2 N–H and O–H groups in total. The second-order valence-electron chi connectivity index (χ2n) is 4.80. The molecule has 0 aliphatic rings. The predicted octanol–water partition coefficient (Wildman–Crippen LogP) is 2.30. The molecule has 0 bridgehead atoms. The van der Waals surface area contributed by atoms with Crippen LogP contribution in [0.5, 0.6) is 0 Å². The Hall–Kier alpha value is -2.15. The minimum Gasteiger partial charge on any atom is -0.469 e. The summed E-state index contributed by atoms with van der Waals surface area (Å²) in [6, 6.07) is 7.80. The molecule has 0 unspecified atom stereocenters. The maximum Gasteiger partial charge on any atom is 0.306 e. The third kappa shape index (κ3) is 6.65. The molecule has 0 spiro atoms. The minimum atomic E-state index is -0.425. The first-order chi connectivity index (χ1) is 11.0. The Kier molecular flexibility index (Phi) is 8.04. The fourth-order valence-electron chi connectivity index (χ4n) is 2.01. The molecule has 0 aliphatic carbocycles. The van der Waals surface area contributed by atoms with E-state index in [-0.39, 0.29) is 23.9 Å². The third-order valence-electron chi connectivity index (χ3n) is 3.29. The Morgan fingerprint density at radius 3 is 2.26 bits per heavy atom. The second kappa shape index (κ2) is 9.78. The van der Waals surface area contributed by atoms with Crippen LogP contribution in [0, 0.1) is 0 Å². The highest BCUT2D eigenvalue weighted by Crippen LogP contribution is 2.17. The number of carbonyl (C=O) groups excluding carboxylic acids is 2. The number of hydrogen-bond donors (Lipinski definition) is 2. The van der Waals surface area contributed by atoms with Gasteiger partial charge < -0.3 is 20.3 Å². The summed E-state index contributed by atoms with van der Waals surface area (Å²) in [7, 11) is 1.29. The zero-order valence-corrected chi connectivity index (χ0v) is 14.5. The normalized spacial score (nSPS) is 9.87.